The van der Waals surface area contributed by atoms with Crippen molar-refractivity contribution in [1.82, 2.24) is 14.9 Å². The molecule has 2 heterocycles. The van der Waals surface area contributed by atoms with E-state index in [-0.39, 0.29) is 5.91 Å². The molecule has 0 saturated heterocycles. The fourth-order valence-electron chi connectivity index (χ4n) is 3.00. The second kappa shape index (κ2) is 8.84. The lowest BCUT2D eigenvalue weighted by Crippen LogP contribution is -2.20. The molecule has 0 saturated carbocycles. The van der Waals surface area contributed by atoms with E-state index in [2.05, 4.69) is 22.4 Å². The van der Waals surface area contributed by atoms with E-state index in [1.807, 2.05) is 29.0 Å². The van der Waals surface area contributed by atoms with Crippen molar-refractivity contribution in [3.63, 3.8) is 0 Å². The normalized spacial score (nSPS) is 12.9. The Morgan fingerprint density at radius 1 is 1.17 bits per heavy atom. The summed E-state index contributed by atoms with van der Waals surface area (Å²) in [7, 11) is 0. The molecular formula is C22H20ClN3O3. The summed E-state index contributed by atoms with van der Waals surface area (Å²) in [5, 5.41) is 3.35. The van der Waals surface area contributed by atoms with Gasteiger partial charge in [-0.05, 0) is 34.9 Å². The topological polar surface area (TPSA) is 65.4 Å². The molecule has 29 heavy (non-hydrogen) atoms. The van der Waals surface area contributed by atoms with Crippen molar-refractivity contribution in [3.05, 3.63) is 82.9 Å². The van der Waals surface area contributed by atoms with Crippen LogP contribution in [0.5, 0.6) is 11.5 Å². The minimum atomic E-state index is -0.182. The standard InChI is InChI=1S/C22H20ClN3O3/c23-19-11-18(12-20-22(19)29-10-9-28-20)5-6-21(27)25-13-16-1-3-17(4-2-16)14-26-8-7-24-15-26/h1-8,11-12,15H,9-10,13-14H2,(H,25,27)/b6-5+. The molecule has 1 aliphatic heterocycles. The van der Waals surface area contributed by atoms with Gasteiger partial charge in [0.05, 0.1) is 11.3 Å². The monoisotopic (exact) mass is 409 g/mol. The number of carbonyl (C=O) groups is 1. The van der Waals surface area contributed by atoms with Gasteiger partial charge in [-0.3, -0.25) is 4.79 Å². The number of fused-ring (bicyclic) bond motifs is 1. The highest BCUT2D eigenvalue weighted by Gasteiger charge is 2.15. The van der Waals surface area contributed by atoms with Crippen LogP contribution in [0.4, 0.5) is 0 Å². The number of rotatable bonds is 6. The average molecular weight is 410 g/mol. The van der Waals surface area contributed by atoms with Crippen molar-refractivity contribution < 1.29 is 14.3 Å². The van der Waals surface area contributed by atoms with Crippen molar-refractivity contribution >= 4 is 23.6 Å². The van der Waals surface area contributed by atoms with Crippen molar-refractivity contribution in [2.45, 2.75) is 13.1 Å². The minimum Gasteiger partial charge on any atom is -0.486 e. The zero-order chi connectivity index (χ0) is 20.1. The van der Waals surface area contributed by atoms with Crippen LogP contribution in [0.3, 0.4) is 0 Å². The van der Waals surface area contributed by atoms with Gasteiger partial charge in [0.2, 0.25) is 5.91 Å². The van der Waals surface area contributed by atoms with E-state index in [9.17, 15) is 4.79 Å². The smallest absolute Gasteiger partial charge is 0.244 e. The lowest BCUT2D eigenvalue weighted by Gasteiger charge is -2.19. The lowest BCUT2D eigenvalue weighted by molar-refractivity contribution is -0.116. The Bertz CT molecular complexity index is 1010. The predicted octanol–water partition coefficient (Wildman–Crippen LogP) is 3.69. The number of nitrogens with zero attached hydrogens (tertiary/aromatic N) is 2. The molecule has 1 aromatic heterocycles. The van der Waals surface area contributed by atoms with Crippen LogP contribution in [-0.2, 0) is 17.9 Å². The minimum absolute atomic E-state index is 0.182. The third-order valence-electron chi connectivity index (χ3n) is 4.46. The van der Waals surface area contributed by atoms with Crippen molar-refractivity contribution in [2.75, 3.05) is 13.2 Å². The maximum atomic E-state index is 12.1. The lowest BCUT2D eigenvalue weighted by atomic mass is 10.1. The van der Waals surface area contributed by atoms with Crippen LogP contribution in [0, 0.1) is 0 Å². The van der Waals surface area contributed by atoms with Crippen molar-refractivity contribution in [2.24, 2.45) is 0 Å². The summed E-state index contributed by atoms with van der Waals surface area (Å²) >= 11 is 6.22. The van der Waals surface area contributed by atoms with Gasteiger partial charge in [0.25, 0.3) is 0 Å². The highest BCUT2D eigenvalue weighted by molar-refractivity contribution is 6.32. The van der Waals surface area contributed by atoms with Crippen LogP contribution in [0.2, 0.25) is 5.02 Å². The molecule has 0 bridgehead atoms. The van der Waals surface area contributed by atoms with E-state index in [1.165, 1.54) is 11.6 Å². The summed E-state index contributed by atoms with van der Waals surface area (Å²) < 4.78 is 13.1. The summed E-state index contributed by atoms with van der Waals surface area (Å²) in [5.41, 5.74) is 2.98. The summed E-state index contributed by atoms with van der Waals surface area (Å²) in [4.78, 5) is 16.2. The molecule has 148 valence electrons. The first-order valence-electron chi connectivity index (χ1n) is 9.26. The van der Waals surface area contributed by atoms with Gasteiger partial charge >= 0.3 is 0 Å². The van der Waals surface area contributed by atoms with E-state index < -0.39 is 0 Å². The number of aromatic nitrogens is 2. The fraction of sp³-hybridized carbons (Fsp3) is 0.182. The molecule has 0 fully saturated rings. The van der Waals surface area contributed by atoms with Crippen LogP contribution < -0.4 is 14.8 Å². The molecule has 2 aromatic carbocycles. The van der Waals surface area contributed by atoms with Gasteiger partial charge in [0.1, 0.15) is 13.2 Å². The summed E-state index contributed by atoms with van der Waals surface area (Å²) in [6, 6.07) is 11.7. The zero-order valence-electron chi connectivity index (χ0n) is 15.7. The third-order valence-corrected chi connectivity index (χ3v) is 4.74. The van der Waals surface area contributed by atoms with Crippen LogP contribution in [0.1, 0.15) is 16.7 Å². The SMILES string of the molecule is O=C(/C=C/c1cc(Cl)c2c(c1)OCCO2)NCc1ccc(Cn2ccnc2)cc1. The maximum absolute atomic E-state index is 12.1. The number of carbonyl (C=O) groups excluding carboxylic acids is 1. The molecular weight excluding hydrogens is 390 g/mol. The number of hydrogen-bond acceptors (Lipinski definition) is 4. The van der Waals surface area contributed by atoms with E-state index in [0.29, 0.717) is 36.3 Å². The Hall–Kier alpha value is -3.25. The van der Waals surface area contributed by atoms with Gasteiger partial charge in [-0.25, -0.2) is 4.98 Å². The Balaban J connectivity index is 1.31. The molecule has 3 aromatic rings. The first kappa shape index (κ1) is 19.1. The first-order chi connectivity index (χ1) is 14.2. The van der Waals surface area contributed by atoms with Gasteiger partial charge in [0, 0.05) is 31.6 Å². The molecule has 4 rings (SSSR count). The van der Waals surface area contributed by atoms with Crippen LogP contribution in [0.15, 0.2) is 61.2 Å². The second-order valence-corrected chi connectivity index (χ2v) is 7.04. The van der Waals surface area contributed by atoms with Gasteiger partial charge in [-0.2, -0.15) is 0 Å². The number of nitrogens with one attached hydrogen (secondary N) is 1. The van der Waals surface area contributed by atoms with Gasteiger partial charge in [-0.15, -0.1) is 0 Å². The number of hydrogen-bond donors (Lipinski definition) is 1. The third kappa shape index (κ3) is 4.97. The Morgan fingerprint density at radius 2 is 1.97 bits per heavy atom. The fourth-order valence-corrected chi connectivity index (χ4v) is 3.27. The summed E-state index contributed by atoms with van der Waals surface area (Å²) in [5.74, 6) is 0.967. The van der Waals surface area contributed by atoms with E-state index in [4.69, 9.17) is 21.1 Å². The molecule has 7 heteroatoms. The number of imidazole rings is 1. The van der Waals surface area contributed by atoms with Crippen molar-refractivity contribution in [1.29, 1.82) is 0 Å². The Kier molecular flexibility index (Phi) is 5.81. The van der Waals surface area contributed by atoms with Crippen LogP contribution in [-0.4, -0.2) is 28.7 Å². The van der Waals surface area contributed by atoms with Crippen molar-refractivity contribution in [3.8, 4) is 11.5 Å². The molecule has 1 amide bonds. The van der Waals surface area contributed by atoms with E-state index in [0.717, 1.165) is 17.7 Å². The van der Waals surface area contributed by atoms with E-state index >= 15 is 0 Å². The summed E-state index contributed by atoms with van der Waals surface area (Å²) in [6.45, 7) is 2.19. The maximum Gasteiger partial charge on any atom is 0.244 e. The van der Waals surface area contributed by atoms with Gasteiger partial charge in [0.15, 0.2) is 11.5 Å². The molecule has 0 radical (unpaired) electrons. The molecule has 0 unspecified atom stereocenters. The average Bonchev–Trinajstić information content (AvgIpc) is 3.25. The van der Waals surface area contributed by atoms with Crippen LogP contribution >= 0.6 is 11.6 Å². The zero-order valence-corrected chi connectivity index (χ0v) is 16.4. The second-order valence-electron chi connectivity index (χ2n) is 6.63. The molecule has 0 atom stereocenters. The molecule has 0 aliphatic carbocycles. The molecule has 1 N–H and O–H groups in total. The molecule has 0 spiro atoms. The number of halogens is 1. The number of ether oxygens (including phenoxy) is 2. The Labute approximate surface area is 173 Å². The van der Waals surface area contributed by atoms with Gasteiger partial charge in [-0.1, -0.05) is 35.9 Å². The van der Waals surface area contributed by atoms with Crippen LogP contribution in [0.25, 0.3) is 6.08 Å². The first-order valence-corrected chi connectivity index (χ1v) is 9.64. The Morgan fingerprint density at radius 3 is 2.76 bits per heavy atom. The highest BCUT2D eigenvalue weighted by Crippen LogP contribution is 2.38. The summed E-state index contributed by atoms with van der Waals surface area (Å²) in [6.07, 6.45) is 8.66. The van der Waals surface area contributed by atoms with E-state index in [1.54, 1.807) is 24.7 Å². The molecule has 1 aliphatic rings. The highest BCUT2D eigenvalue weighted by atomic mass is 35.5. The number of amides is 1. The molecule has 6 nitrogen and oxygen atoms in total. The quantitative estimate of drug-likeness (QED) is 0.631. The van der Waals surface area contributed by atoms with Gasteiger partial charge < -0.3 is 19.4 Å². The number of benzene rings is 2. The predicted molar refractivity (Wildman–Crippen MR) is 111 cm³/mol. The largest absolute Gasteiger partial charge is 0.486 e.